The SMILES string of the molecule is OCCNCc1ccc(-n2cncn2)cc1. The van der Waals surface area contributed by atoms with Crippen LogP contribution in [0.25, 0.3) is 5.69 Å². The Kier molecular flexibility index (Phi) is 3.63. The molecule has 2 rings (SSSR count). The summed E-state index contributed by atoms with van der Waals surface area (Å²) in [6.45, 7) is 1.54. The molecule has 1 aromatic heterocycles. The van der Waals surface area contributed by atoms with E-state index in [1.54, 1.807) is 11.0 Å². The molecule has 5 heteroatoms. The molecule has 2 N–H and O–H groups in total. The molecule has 84 valence electrons. The van der Waals surface area contributed by atoms with E-state index >= 15 is 0 Å². The van der Waals surface area contributed by atoms with Gasteiger partial charge in [0.05, 0.1) is 12.3 Å². The minimum Gasteiger partial charge on any atom is -0.395 e. The predicted molar refractivity (Wildman–Crippen MR) is 60.2 cm³/mol. The van der Waals surface area contributed by atoms with Crippen molar-refractivity contribution in [2.75, 3.05) is 13.2 Å². The molecule has 0 saturated heterocycles. The smallest absolute Gasteiger partial charge is 0.138 e. The number of nitrogens with zero attached hydrogens (tertiary/aromatic N) is 3. The van der Waals surface area contributed by atoms with Gasteiger partial charge in [-0.25, -0.2) is 9.67 Å². The highest BCUT2D eigenvalue weighted by Gasteiger charge is 1.97. The molecule has 0 fully saturated rings. The Labute approximate surface area is 93.8 Å². The first kappa shape index (κ1) is 10.8. The highest BCUT2D eigenvalue weighted by atomic mass is 16.3. The van der Waals surface area contributed by atoms with Gasteiger partial charge in [0.1, 0.15) is 12.7 Å². The van der Waals surface area contributed by atoms with E-state index < -0.39 is 0 Å². The number of hydrogen-bond donors (Lipinski definition) is 2. The van der Waals surface area contributed by atoms with Gasteiger partial charge in [0.15, 0.2) is 0 Å². The summed E-state index contributed by atoms with van der Waals surface area (Å²) in [5, 5.41) is 15.8. The molecule has 5 nitrogen and oxygen atoms in total. The summed E-state index contributed by atoms with van der Waals surface area (Å²) in [6.07, 6.45) is 3.18. The Balaban J connectivity index is 2.00. The molecular formula is C11H14N4O. The lowest BCUT2D eigenvalue weighted by Gasteiger charge is -2.04. The van der Waals surface area contributed by atoms with Crippen LogP contribution in [0.4, 0.5) is 0 Å². The summed E-state index contributed by atoms with van der Waals surface area (Å²) < 4.78 is 1.71. The van der Waals surface area contributed by atoms with Crippen LogP contribution in [-0.4, -0.2) is 33.0 Å². The molecule has 0 unspecified atom stereocenters. The summed E-state index contributed by atoms with van der Waals surface area (Å²) in [6, 6.07) is 8.04. The molecule has 0 aliphatic carbocycles. The molecule has 16 heavy (non-hydrogen) atoms. The number of aliphatic hydroxyl groups is 1. The van der Waals surface area contributed by atoms with E-state index in [4.69, 9.17) is 5.11 Å². The molecule has 0 saturated carbocycles. The number of nitrogens with one attached hydrogen (secondary N) is 1. The zero-order valence-electron chi connectivity index (χ0n) is 8.87. The maximum absolute atomic E-state index is 8.63. The zero-order valence-corrected chi connectivity index (χ0v) is 8.87. The van der Waals surface area contributed by atoms with Gasteiger partial charge in [-0.1, -0.05) is 12.1 Å². The molecule has 0 aliphatic rings. The third-order valence-corrected chi connectivity index (χ3v) is 2.24. The summed E-state index contributed by atoms with van der Waals surface area (Å²) in [4.78, 5) is 3.89. The molecule has 1 heterocycles. The average molecular weight is 218 g/mol. The van der Waals surface area contributed by atoms with Crippen molar-refractivity contribution in [3.63, 3.8) is 0 Å². The Morgan fingerprint density at radius 3 is 2.69 bits per heavy atom. The molecule has 2 aromatic rings. The zero-order chi connectivity index (χ0) is 11.2. The highest BCUT2D eigenvalue weighted by molar-refractivity contribution is 5.33. The van der Waals surface area contributed by atoms with E-state index in [-0.39, 0.29) is 6.61 Å². The number of aliphatic hydroxyl groups excluding tert-OH is 1. The Bertz CT molecular complexity index is 410. The summed E-state index contributed by atoms with van der Waals surface area (Å²) in [5.41, 5.74) is 2.17. The standard InChI is InChI=1S/C11H14N4O/c16-6-5-12-7-10-1-3-11(4-2-10)15-9-13-8-14-15/h1-4,8-9,12,16H,5-7H2. The second-order valence-electron chi connectivity index (χ2n) is 3.41. The summed E-state index contributed by atoms with van der Waals surface area (Å²) in [5.74, 6) is 0. The molecule has 0 radical (unpaired) electrons. The van der Waals surface area contributed by atoms with Gasteiger partial charge in [-0.2, -0.15) is 5.10 Å². The van der Waals surface area contributed by atoms with Crippen LogP contribution in [0.15, 0.2) is 36.9 Å². The van der Waals surface area contributed by atoms with Gasteiger partial charge >= 0.3 is 0 Å². The van der Waals surface area contributed by atoms with Crippen molar-refractivity contribution in [2.45, 2.75) is 6.54 Å². The van der Waals surface area contributed by atoms with E-state index in [1.165, 1.54) is 11.9 Å². The number of benzene rings is 1. The fourth-order valence-electron chi connectivity index (χ4n) is 1.42. The molecule has 1 aromatic carbocycles. The van der Waals surface area contributed by atoms with Crippen molar-refractivity contribution in [1.29, 1.82) is 0 Å². The maximum Gasteiger partial charge on any atom is 0.138 e. The van der Waals surface area contributed by atoms with E-state index in [1.807, 2.05) is 24.3 Å². The van der Waals surface area contributed by atoms with E-state index in [2.05, 4.69) is 15.4 Å². The molecular weight excluding hydrogens is 204 g/mol. The number of aromatic nitrogens is 3. The van der Waals surface area contributed by atoms with Gasteiger partial charge in [0.2, 0.25) is 0 Å². The highest BCUT2D eigenvalue weighted by Crippen LogP contribution is 2.07. The van der Waals surface area contributed by atoms with Gasteiger partial charge in [0, 0.05) is 13.1 Å². The van der Waals surface area contributed by atoms with Crippen molar-refractivity contribution < 1.29 is 5.11 Å². The van der Waals surface area contributed by atoms with Crippen molar-refractivity contribution >= 4 is 0 Å². The number of hydrogen-bond acceptors (Lipinski definition) is 4. The van der Waals surface area contributed by atoms with Crippen LogP contribution in [-0.2, 0) is 6.54 Å². The first-order valence-corrected chi connectivity index (χ1v) is 5.15. The lowest BCUT2D eigenvalue weighted by atomic mass is 10.2. The van der Waals surface area contributed by atoms with E-state index in [0.29, 0.717) is 6.54 Å². The third kappa shape index (κ3) is 2.65. The van der Waals surface area contributed by atoms with Crippen molar-refractivity contribution in [3.05, 3.63) is 42.5 Å². The van der Waals surface area contributed by atoms with Crippen LogP contribution in [0.1, 0.15) is 5.56 Å². The van der Waals surface area contributed by atoms with Crippen LogP contribution in [0.3, 0.4) is 0 Å². The van der Waals surface area contributed by atoms with Gasteiger partial charge in [-0.3, -0.25) is 0 Å². The molecule has 0 aliphatic heterocycles. The summed E-state index contributed by atoms with van der Waals surface area (Å²) in [7, 11) is 0. The lowest BCUT2D eigenvalue weighted by Crippen LogP contribution is -2.17. The fraction of sp³-hybridized carbons (Fsp3) is 0.273. The van der Waals surface area contributed by atoms with Gasteiger partial charge < -0.3 is 10.4 Å². The maximum atomic E-state index is 8.63. The van der Waals surface area contributed by atoms with Crippen LogP contribution in [0, 0.1) is 0 Å². The minimum absolute atomic E-state index is 0.164. The van der Waals surface area contributed by atoms with Gasteiger partial charge in [-0.15, -0.1) is 0 Å². The van der Waals surface area contributed by atoms with Crippen LogP contribution in [0.5, 0.6) is 0 Å². The third-order valence-electron chi connectivity index (χ3n) is 2.24. The summed E-state index contributed by atoms with van der Waals surface area (Å²) >= 11 is 0. The van der Waals surface area contributed by atoms with Crippen molar-refractivity contribution in [1.82, 2.24) is 20.1 Å². The monoisotopic (exact) mass is 218 g/mol. The van der Waals surface area contributed by atoms with Crippen molar-refractivity contribution in [2.24, 2.45) is 0 Å². The van der Waals surface area contributed by atoms with Crippen LogP contribution in [0.2, 0.25) is 0 Å². The van der Waals surface area contributed by atoms with Crippen LogP contribution < -0.4 is 5.32 Å². The first-order valence-electron chi connectivity index (χ1n) is 5.15. The average Bonchev–Trinajstić information content (AvgIpc) is 2.84. The van der Waals surface area contributed by atoms with E-state index in [9.17, 15) is 0 Å². The van der Waals surface area contributed by atoms with Crippen LogP contribution >= 0.6 is 0 Å². The second-order valence-corrected chi connectivity index (χ2v) is 3.41. The molecule has 0 atom stereocenters. The first-order chi connectivity index (χ1) is 7.90. The quantitative estimate of drug-likeness (QED) is 0.711. The minimum atomic E-state index is 0.164. The molecule has 0 bridgehead atoms. The van der Waals surface area contributed by atoms with Crippen molar-refractivity contribution in [3.8, 4) is 5.69 Å². The Morgan fingerprint density at radius 1 is 1.25 bits per heavy atom. The Hall–Kier alpha value is -1.72. The second kappa shape index (κ2) is 5.39. The number of rotatable bonds is 5. The lowest BCUT2D eigenvalue weighted by molar-refractivity contribution is 0.292. The topological polar surface area (TPSA) is 63.0 Å². The molecule has 0 amide bonds. The Morgan fingerprint density at radius 2 is 2.06 bits per heavy atom. The van der Waals surface area contributed by atoms with Gasteiger partial charge in [0.25, 0.3) is 0 Å². The van der Waals surface area contributed by atoms with E-state index in [0.717, 1.165) is 12.2 Å². The normalized spacial score (nSPS) is 10.6. The largest absolute Gasteiger partial charge is 0.395 e. The fourth-order valence-corrected chi connectivity index (χ4v) is 1.42. The molecule has 0 spiro atoms. The predicted octanol–water partition coefficient (Wildman–Crippen LogP) is 0.349. The van der Waals surface area contributed by atoms with Gasteiger partial charge in [-0.05, 0) is 17.7 Å².